The molecule has 6 rings (SSSR count). The lowest BCUT2D eigenvalue weighted by Gasteiger charge is -2.41. The van der Waals surface area contributed by atoms with Gasteiger partial charge in [-0.15, -0.1) is 0 Å². The van der Waals surface area contributed by atoms with E-state index in [1.807, 2.05) is 18.1 Å². The summed E-state index contributed by atoms with van der Waals surface area (Å²) in [7, 11) is 1.91. The molecule has 1 aromatic heterocycles. The molecule has 1 amide bonds. The Kier molecular flexibility index (Phi) is 4.23. The van der Waals surface area contributed by atoms with Crippen molar-refractivity contribution >= 4 is 17.3 Å². The van der Waals surface area contributed by atoms with Crippen LogP contribution in [0.3, 0.4) is 0 Å². The molecule has 0 saturated carbocycles. The number of piperidine rings is 1. The van der Waals surface area contributed by atoms with Crippen molar-refractivity contribution in [1.29, 1.82) is 0 Å². The van der Waals surface area contributed by atoms with Crippen LogP contribution in [-0.2, 0) is 17.6 Å². The van der Waals surface area contributed by atoms with Crippen molar-refractivity contribution in [3.8, 4) is 5.75 Å². The van der Waals surface area contributed by atoms with Crippen molar-refractivity contribution in [2.75, 3.05) is 49.6 Å². The minimum Gasteiger partial charge on any atom is -0.491 e. The van der Waals surface area contributed by atoms with E-state index >= 15 is 0 Å². The molecule has 1 fully saturated rings. The lowest BCUT2D eigenvalue weighted by atomic mass is 9.89. The molecule has 0 spiro atoms. The zero-order valence-corrected chi connectivity index (χ0v) is 17.5. The smallest absolute Gasteiger partial charge is 0.246 e. The van der Waals surface area contributed by atoms with Gasteiger partial charge >= 0.3 is 0 Å². The van der Waals surface area contributed by atoms with Crippen LogP contribution in [0.15, 0.2) is 30.5 Å². The first kappa shape index (κ1) is 18.2. The Labute approximate surface area is 177 Å². The second-order valence-corrected chi connectivity index (χ2v) is 9.01. The number of ether oxygens (including phenoxy) is 1. The molecule has 0 aliphatic carbocycles. The van der Waals surface area contributed by atoms with Crippen LogP contribution in [0.4, 0.5) is 11.4 Å². The highest BCUT2D eigenvalue weighted by molar-refractivity contribution is 6.04. The number of aromatic nitrogens is 1. The molecule has 6 nitrogen and oxygen atoms in total. The first-order valence-corrected chi connectivity index (χ1v) is 11.2. The summed E-state index contributed by atoms with van der Waals surface area (Å²) in [6.45, 7) is 4.59. The highest BCUT2D eigenvalue weighted by atomic mass is 16.5. The monoisotopic (exact) mass is 404 g/mol. The number of aryl methyl sites for hydroxylation is 1. The van der Waals surface area contributed by atoms with E-state index in [2.05, 4.69) is 39.0 Å². The molecule has 1 aromatic carbocycles. The fourth-order valence-electron chi connectivity index (χ4n) is 5.90. The number of carbonyl (C=O) groups excluding carboxylic acids is 1. The molecule has 4 aliphatic rings. The van der Waals surface area contributed by atoms with Gasteiger partial charge < -0.3 is 19.4 Å². The number of hydrogen-bond acceptors (Lipinski definition) is 5. The predicted octanol–water partition coefficient (Wildman–Crippen LogP) is 2.60. The van der Waals surface area contributed by atoms with E-state index in [0.717, 1.165) is 69.1 Å². The quantitative estimate of drug-likeness (QED) is 0.784. The highest BCUT2D eigenvalue weighted by Gasteiger charge is 2.46. The number of hydrogen-bond donors (Lipinski definition) is 0. The maximum atomic E-state index is 12.5. The first-order valence-electron chi connectivity index (χ1n) is 11.2. The summed E-state index contributed by atoms with van der Waals surface area (Å²) in [6.07, 6.45) is 6.17. The number of para-hydroxylation sites is 1. The van der Waals surface area contributed by atoms with Crippen molar-refractivity contribution in [2.24, 2.45) is 0 Å². The van der Waals surface area contributed by atoms with E-state index in [-0.39, 0.29) is 5.91 Å². The molecular weight excluding hydrogens is 376 g/mol. The minimum absolute atomic E-state index is 0.204. The van der Waals surface area contributed by atoms with Crippen LogP contribution in [0.25, 0.3) is 0 Å². The Hall–Kier alpha value is -2.60. The lowest BCUT2D eigenvalue weighted by Crippen LogP contribution is -2.51. The van der Waals surface area contributed by atoms with Crippen molar-refractivity contribution < 1.29 is 9.53 Å². The van der Waals surface area contributed by atoms with E-state index in [1.165, 1.54) is 16.8 Å². The van der Waals surface area contributed by atoms with Crippen LogP contribution < -0.4 is 14.5 Å². The summed E-state index contributed by atoms with van der Waals surface area (Å²) < 4.78 is 5.81. The Morgan fingerprint density at radius 3 is 3.13 bits per heavy atom. The van der Waals surface area contributed by atoms with Crippen molar-refractivity contribution in [2.45, 2.75) is 37.6 Å². The molecule has 0 N–H and O–H groups in total. The number of amides is 1. The van der Waals surface area contributed by atoms with E-state index in [9.17, 15) is 4.79 Å². The molecule has 0 unspecified atom stereocenters. The van der Waals surface area contributed by atoms with Gasteiger partial charge in [-0.2, -0.15) is 0 Å². The summed E-state index contributed by atoms with van der Waals surface area (Å²) in [6, 6.07) is 9.07. The molecule has 0 bridgehead atoms. The number of nitrogens with zero attached hydrogens (tertiary/aromatic N) is 4. The number of rotatable bonds is 4. The predicted molar refractivity (Wildman–Crippen MR) is 117 cm³/mol. The van der Waals surface area contributed by atoms with E-state index in [1.54, 1.807) is 0 Å². The summed E-state index contributed by atoms with van der Waals surface area (Å²) >= 11 is 0. The first-order chi connectivity index (χ1) is 14.7. The number of benzene rings is 1. The second kappa shape index (κ2) is 6.98. The maximum absolute atomic E-state index is 12.5. The Bertz CT molecular complexity index is 1010. The van der Waals surface area contributed by atoms with Crippen LogP contribution >= 0.6 is 0 Å². The third-order valence-corrected chi connectivity index (χ3v) is 7.40. The summed E-state index contributed by atoms with van der Waals surface area (Å²) in [5.74, 6) is 1.74. The highest BCUT2D eigenvalue weighted by Crippen LogP contribution is 2.50. The third kappa shape index (κ3) is 2.73. The van der Waals surface area contributed by atoms with E-state index < -0.39 is 0 Å². The van der Waals surface area contributed by atoms with Gasteiger partial charge in [-0.3, -0.25) is 9.78 Å². The number of likely N-dealkylation sites (tertiary alicyclic amines) is 1. The Morgan fingerprint density at radius 1 is 1.27 bits per heavy atom. The summed E-state index contributed by atoms with van der Waals surface area (Å²) in [4.78, 5) is 23.8. The van der Waals surface area contributed by atoms with Gasteiger partial charge in [0.1, 0.15) is 5.75 Å². The molecule has 2 aromatic rings. The van der Waals surface area contributed by atoms with Crippen LogP contribution in [0, 0.1) is 0 Å². The number of likely N-dealkylation sites (N-methyl/N-ethyl adjacent to an activating group) is 1. The number of carbonyl (C=O) groups is 1. The zero-order valence-electron chi connectivity index (χ0n) is 17.5. The lowest BCUT2D eigenvalue weighted by molar-refractivity contribution is -0.117. The third-order valence-electron chi connectivity index (χ3n) is 7.40. The van der Waals surface area contributed by atoms with Crippen LogP contribution in [-0.4, -0.2) is 61.7 Å². The summed E-state index contributed by atoms with van der Waals surface area (Å²) in [5.41, 5.74) is 6.25. The molecule has 0 radical (unpaired) electrons. The van der Waals surface area contributed by atoms with Gasteiger partial charge in [-0.1, -0.05) is 12.1 Å². The molecule has 30 heavy (non-hydrogen) atoms. The molecule has 2 atom stereocenters. The normalized spacial score (nSPS) is 24.5. The fraction of sp³-hybridized carbons (Fsp3) is 0.500. The topological polar surface area (TPSA) is 48.9 Å². The van der Waals surface area contributed by atoms with Gasteiger partial charge in [0.05, 0.1) is 30.2 Å². The average Bonchev–Trinajstić information content (AvgIpc) is 3.36. The van der Waals surface area contributed by atoms with Crippen molar-refractivity contribution in [1.82, 2.24) is 9.88 Å². The van der Waals surface area contributed by atoms with Gasteiger partial charge in [-0.25, -0.2) is 0 Å². The van der Waals surface area contributed by atoms with E-state index in [0.29, 0.717) is 18.5 Å². The zero-order chi connectivity index (χ0) is 20.2. The van der Waals surface area contributed by atoms with Gasteiger partial charge in [0.2, 0.25) is 5.91 Å². The van der Waals surface area contributed by atoms with Gasteiger partial charge in [0.25, 0.3) is 0 Å². The fourth-order valence-corrected chi connectivity index (χ4v) is 5.90. The van der Waals surface area contributed by atoms with Gasteiger partial charge in [0.15, 0.2) is 0 Å². The standard InChI is InChI=1S/C24H28N4O2/c1-26-21-6-2-5-17-18-14-27(12-8-20(18)28(23(17)21)15-22(26)29)11-3-4-16-7-10-25-19-9-13-30-24(16)19/h2,5-7,10,18,20H,3-4,8-9,11-15H2,1H3/t18-,20-/m0/s1. The van der Waals surface area contributed by atoms with Gasteiger partial charge in [-0.05, 0) is 49.1 Å². The summed E-state index contributed by atoms with van der Waals surface area (Å²) in [5, 5.41) is 0. The molecule has 5 heterocycles. The van der Waals surface area contributed by atoms with Gasteiger partial charge in [0, 0.05) is 44.7 Å². The maximum Gasteiger partial charge on any atom is 0.246 e. The molecule has 4 aliphatic heterocycles. The molecule has 156 valence electrons. The molecular formula is C24H28N4O2. The number of anilines is 2. The molecule has 1 saturated heterocycles. The Balaban J connectivity index is 1.15. The Morgan fingerprint density at radius 2 is 2.20 bits per heavy atom. The number of pyridine rings is 1. The second-order valence-electron chi connectivity index (χ2n) is 9.01. The van der Waals surface area contributed by atoms with E-state index in [4.69, 9.17) is 4.74 Å². The van der Waals surface area contributed by atoms with Crippen LogP contribution in [0.5, 0.6) is 5.75 Å². The SMILES string of the molecule is CN1C(=O)CN2c3c(cccc31)[C@@H]1CN(CCCc3ccnc4c3OCC4)CC[C@@H]12. The van der Waals surface area contributed by atoms with Crippen LogP contribution in [0.2, 0.25) is 0 Å². The molecule has 6 heteroatoms. The van der Waals surface area contributed by atoms with Crippen LogP contribution in [0.1, 0.15) is 35.6 Å². The minimum atomic E-state index is 0.204. The average molecular weight is 405 g/mol. The van der Waals surface area contributed by atoms with Crippen molar-refractivity contribution in [3.63, 3.8) is 0 Å². The number of fused-ring (bicyclic) bond motifs is 4. The van der Waals surface area contributed by atoms with Crippen molar-refractivity contribution in [3.05, 3.63) is 47.3 Å². The largest absolute Gasteiger partial charge is 0.491 e.